The van der Waals surface area contributed by atoms with Gasteiger partial charge in [0.05, 0.1) is 11.7 Å². The third kappa shape index (κ3) is 3.03. The van der Waals surface area contributed by atoms with Gasteiger partial charge in [0.25, 0.3) is 5.91 Å². The standard InChI is InChI=1S/C15H21NO4/c1-11-6-9-20-12(11)13(17)16-10-15(14(18)19)7-4-2-3-5-8-15/h6,9H,2-5,7-8,10H2,1H3,(H,16,17)(H,18,19). The number of aryl methyl sites for hydroxylation is 1. The van der Waals surface area contributed by atoms with E-state index < -0.39 is 11.4 Å². The first-order valence-corrected chi connectivity index (χ1v) is 7.11. The topological polar surface area (TPSA) is 79.5 Å². The second-order valence-electron chi connectivity index (χ2n) is 5.62. The van der Waals surface area contributed by atoms with Crippen molar-refractivity contribution in [1.82, 2.24) is 5.32 Å². The summed E-state index contributed by atoms with van der Waals surface area (Å²) in [6.45, 7) is 1.96. The Morgan fingerprint density at radius 1 is 1.30 bits per heavy atom. The molecule has 1 saturated carbocycles. The maximum Gasteiger partial charge on any atom is 0.311 e. The predicted octanol–water partition coefficient (Wildman–Crippen LogP) is 2.74. The number of carboxylic acids is 1. The molecule has 2 rings (SSSR count). The highest BCUT2D eigenvalue weighted by Gasteiger charge is 2.39. The van der Waals surface area contributed by atoms with Gasteiger partial charge in [-0.25, -0.2) is 0 Å². The van der Waals surface area contributed by atoms with Gasteiger partial charge < -0.3 is 14.8 Å². The molecule has 20 heavy (non-hydrogen) atoms. The van der Waals surface area contributed by atoms with E-state index in [1.165, 1.54) is 6.26 Å². The van der Waals surface area contributed by atoms with Crippen molar-refractivity contribution in [2.24, 2.45) is 5.41 Å². The summed E-state index contributed by atoms with van der Waals surface area (Å²) in [6.07, 6.45) is 6.66. The summed E-state index contributed by atoms with van der Waals surface area (Å²) in [6, 6.07) is 1.72. The molecule has 0 aromatic carbocycles. The third-order valence-electron chi connectivity index (χ3n) is 4.17. The molecule has 0 unspecified atom stereocenters. The average Bonchev–Trinajstić information content (AvgIpc) is 2.71. The lowest BCUT2D eigenvalue weighted by molar-refractivity contribution is -0.149. The fourth-order valence-electron chi connectivity index (χ4n) is 2.81. The van der Waals surface area contributed by atoms with Crippen LogP contribution in [0.2, 0.25) is 0 Å². The fourth-order valence-corrected chi connectivity index (χ4v) is 2.81. The van der Waals surface area contributed by atoms with E-state index in [1.54, 1.807) is 13.0 Å². The molecule has 5 nitrogen and oxygen atoms in total. The van der Waals surface area contributed by atoms with Crippen molar-refractivity contribution >= 4 is 11.9 Å². The van der Waals surface area contributed by atoms with E-state index in [4.69, 9.17) is 4.42 Å². The minimum atomic E-state index is -0.827. The Morgan fingerprint density at radius 2 is 1.95 bits per heavy atom. The van der Waals surface area contributed by atoms with Gasteiger partial charge in [-0.3, -0.25) is 9.59 Å². The van der Waals surface area contributed by atoms with Crippen LogP contribution in [0.5, 0.6) is 0 Å². The molecule has 0 aliphatic heterocycles. The van der Waals surface area contributed by atoms with Gasteiger partial charge in [0.15, 0.2) is 5.76 Å². The van der Waals surface area contributed by atoms with Crippen molar-refractivity contribution in [3.8, 4) is 0 Å². The number of hydrogen-bond donors (Lipinski definition) is 2. The van der Waals surface area contributed by atoms with Crippen molar-refractivity contribution < 1.29 is 19.1 Å². The summed E-state index contributed by atoms with van der Waals surface area (Å²) in [5.74, 6) is -0.882. The second-order valence-corrected chi connectivity index (χ2v) is 5.62. The molecule has 2 N–H and O–H groups in total. The van der Waals surface area contributed by atoms with Crippen LogP contribution in [0.4, 0.5) is 0 Å². The van der Waals surface area contributed by atoms with Crippen LogP contribution >= 0.6 is 0 Å². The molecule has 1 aromatic heterocycles. The molecule has 5 heteroatoms. The Balaban J connectivity index is 2.04. The summed E-state index contributed by atoms with van der Waals surface area (Å²) in [4.78, 5) is 23.6. The first-order valence-electron chi connectivity index (χ1n) is 7.11. The number of nitrogens with one attached hydrogen (secondary N) is 1. The van der Waals surface area contributed by atoms with E-state index in [9.17, 15) is 14.7 Å². The van der Waals surface area contributed by atoms with Crippen molar-refractivity contribution in [3.63, 3.8) is 0 Å². The zero-order valence-electron chi connectivity index (χ0n) is 11.8. The van der Waals surface area contributed by atoms with Crippen LogP contribution in [0.15, 0.2) is 16.7 Å². The van der Waals surface area contributed by atoms with E-state index in [0.29, 0.717) is 12.8 Å². The molecular formula is C15H21NO4. The quantitative estimate of drug-likeness (QED) is 0.830. The van der Waals surface area contributed by atoms with Crippen molar-refractivity contribution in [1.29, 1.82) is 0 Å². The number of rotatable bonds is 4. The Bertz CT molecular complexity index is 484. The Labute approximate surface area is 118 Å². The molecule has 0 radical (unpaired) electrons. The minimum Gasteiger partial charge on any atom is -0.481 e. The predicted molar refractivity (Wildman–Crippen MR) is 73.5 cm³/mol. The van der Waals surface area contributed by atoms with Crippen LogP contribution in [0, 0.1) is 12.3 Å². The van der Waals surface area contributed by atoms with Gasteiger partial charge in [0, 0.05) is 12.1 Å². The number of carbonyl (C=O) groups is 2. The van der Waals surface area contributed by atoms with Gasteiger partial charge in [-0.15, -0.1) is 0 Å². The third-order valence-corrected chi connectivity index (χ3v) is 4.17. The lowest BCUT2D eigenvalue weighted by Gasteiger charge is -2.28. The number of hydrogen-bond acceptors (Lipinski definition) is 3. The van der Waals surface area contributed by atoms with Crippen molar-refractivity contribution in [3.05, 3.63) is 23.7 Å². The first-order chi connectivity index (χ1) is 9.55. The maximum absolute atomic E-state index is 12.0. The van der Waals surface area contributed by atoms with Crippen LogP contribution in [0.3, 0.4) is 0 Å². The lowest BCUT2D eigenvalue weighted by atomic mass is 9.80. The number of furan rings is 1. The zero-order valence-corrected chi connectivity index (χ0v) is 11.8. The van der Waals surface area contributed by atoms with Gasteiger partial charge in [-0.2, -0.15) is 0 Å². The van der Waals surface area contributed by atoms with Crippen LogP contribution in [0.25, 0.3) is 0 Å². The molecule has 1 heterocycles. The molecule has 1 aromatic rings. The van der Waals surface area contributed by atoms with Crippen LogP contribution < -0.4 is 5.32 Å². The Kier molecular flexibility index (Phi) is 4.47. The van der Waals surface area contributed by atoms with Gasteiger partial charge >= 0.3 is 5.97 Å². The SMILES string of the molecule is Cc1ccoc1C(=O)NCC1(C(=O)O)CCCCCC1. The molecule has 1 aliphatic rings. The average molecular weight is 279 g/mol. The maximum atomic E-state index is 12.0. The number of carboxylic acid groups (broad SMARTS) is 1. The van der Waals surface area contributed by atoms with Gasteiger partial charge in [-0.1, -0.05) is 25.7 Å². The largest absolute Gasteiger partial charge is 0.481 e. The summed E-state index contributed by atoms with van der Waals surface area (Å²) >= 11 is 0. The van der Waals surface area contributed by atoms with Gasteiger partial charge in [0.1, 0.15) is 0 Å². The minimum absolute atomic E-state index is 0.168. The fraction of sp³-hybridized carbons (Fsp3) is 0.600. The summed E-state index contributed by atoms with van der Waals surface area (Å²) in [5, 5.41) is 12.3. The zero-order chi connectivity index (χ0) is 14.6. The van der Waals surface area contributed by atoms with E-state index >= 15 is 0 Å². The summed E-state index contributed by atoms with van der Waals surface area (Å²) < 4.78 is 5.12. The molecule has 0 spiro atoms. The number of aliphatic carboxylic acids is 1. The molecule has 0 bridgehead atoms. The Morgan fingerprint density at radius 3 is 2.45 bits per heavy atom. The molecule has 0 saturated heterocycles. The summed E-state index contributed by atoms with van der Waals surface area (Å²) in [7, 11) is 0. The van der Waals surface area contributed by atoms with E-state index in [0.717, 1.165) is 31.2 Å². The number of carbonyl (C=O) groups excluding carboxylic acids is 1. The first kappa shape index (κ1) is 14.6. The number of amides is 1. The molecule has 110 valence electrons. The molecule has 1 aliphatic carbocycles. The smallest absolute Gasteiger partial charge is 0.311 e. The van der Waals surface area contributed by atoms with Crippen molar-refractivity contribution in [2.45, 2.75) is 45.4 Å². The Hall–Kier alpha value is -1.78. The van der Waals surface area contributed by atoms with Crippen LogP contribution in [-0.4, -0.2) is 23.5 Å². The monoisotopic (exact) mass is 279 g/mol. The van der Waals surface area contributed by atoms with Gasteiger partial charge in [0.2, 0.25) is 0 Å². The van der Waals surface area contributed by atoms with Gasteiger partial charge in [-0.05, 0) is 25.8 Å². The highest BCUT2D eigenvalue weighted by atomic mass is 16.4. The normalized spacial score (nSPS) is 18.2. The molecule has 1 amide bonds. The van der Waals surface area contributed by atoms with Crippen molar-refractivity contribution in [2.75, 3.05) is 6.54 Å². The lowest BCUT2D eigenvalue weighted by Crippen LogP contribution is -2.43. The summed E-state index contributed by atoms with van der Waals surface area (Å²) in [5.41, 5.74) is -0.0696. The molecular weight excluding hydrogens is 258 g/mol. The van der Waals surface area contributed by atoms with E-state index in [1.807, 2.05) is 0 Å². The van der Waals surface area contributed by atoms with Crippen LogP contribution in [-0.2, 0) is 4.79 Å². The molecule has 1 fully saturated rings. The highest BCUT2D eigenvalue weighted by Crippen LogP contribution is 2.34. The van der Waals surface area contributed by atoms with Crippen LogP contribution in [0.1, 0.15) is 54.6 Å². The molecule has 0 atom stereocenters. The van der Waals surface area contributed by atoms with E-state index in [-0.39, 0.29) is 18.2 Å². The van der Waals surface area contributed by atoms with E-state index in [2.05, 4.69) is 5.32 Å². The highest BCUT2D eigenvalue weighted by molar-refractivity contribution is 5.93. The second kappa shape index (κ2) is 6.11.